The number of Topliss-reactive ketones (excluding diaryl/α,β-unsaturated/α-hetero) is 1. The molecule has 1 aromatic heterocycles. The van der Waals surface area contributed by atoms with Crippen molar-refractivity contribution in [1.29, 1.82) is 0 Å². The highest BCUT2D eigenvalue weighted by Crippen LogP contribution is 2.12. The van der Waals surface area contributed by atoms with E-state index < -0.39 is 29.6 Å². The Kier molecular flexibility index (Phi) is 6.94. The van der Waals surface area contributed by atoms with Gasteiger partial charge < -0.3 is 21.4 Å². The Balaban J connectivity index is 0.000000242. The minimum absolute atomic E-state index is 0.331. The summed E-state index contributed by atoms with van der Waals surface area (Å²) in [7, 11) is 1.66. The van der Waals surface area contributed by atoms with E-state index in [1.165, 1.54) is 12.3 Å². The van der Waals surface area contributed by atoms with Crippen LogP contribution in [0.2, 0.25) is 0 Å². The van der Waals surface area contributed by atoms with E-state index in [2.05, 4.69) is 6.07 Å². The van der Waals surface area contributed by atoms with Gasteiger partial charge in [0.2, 0.25) is 5.91 Å². The lowest BCUT2D eigenvalue weighted by Crippen LogP contribution is -2.43. The summed E-state index contributed by atoms with van der Waals surface area (Å²) in [5.74, 6) is -3.54. The summed E-state index contributed by atoms with van der Waals surface area (Å²) in [6, 6.07) is 8.76. The molecule has 2 atom stereocenters. The van der Waals surface area contributed by atoms with Crippen molar-refractivity contribution < 1.29 is 24.3 Å². The fraction of sp³-hybridized carbons (Fsp3) is 0.312. The Morgan fingerprint density at radius 2 is 1.88 bits per heavy atom. The maximum Gasteiger partial charge on any atom is 0.321 e. The predicted octanol–water partition coefficient (Wildman–Crippen LogP) is 0.179. The molecule has 0 saturated carbocycles. The topological polar surface area (TPSA) is 138 Å². The number of hydrogen-bond donors (Lipinski definition) is 3. The van der Waals surface area contributed by atoms with Gasteiger partial charge in [-0.2, -0.15) is 4.73 Å². The normalized spacial score (nSPS) is 12.6. The highest BCUT2D eigenvalue weighted by molar-refractivity contribution is 5.90. The maximum atomic E-state index is 10.9. The molecule has 0 radical (unpaired) electrons. The lowest BCUT2D eigenvalue weighted by Gasteiger charge is -2.15. The zero-order valence-electron chi connectivity index (χ0n) is 13.5. The second kappa shape index (κ2) is 8.68. The molecular formula is C16H21N3O5. The van der Waals surface area contributed by atoms with Crippen LogP contribution in [0.25, 0.3) is 10.9 Å². The van der Waals surface area contributed by atoms with Gasteiger partial charge in [0, 0.05) is 18.0 Å². The van der Waals surface area contributed by atoms with Gasteiger partial charge in [-0.1, -0.05) is 18.2 Å². The fourth-order valence-electron chi connectivity index (χ4n) is 2.13. The molecule has 1 amide bonds. The molecule has 130 valence electrons. The van der Waals surface area contributed by atoms with Crippen LogP contribution in [0, 0.1) is 5.92 Å². The second-order valence-corrected chi connectivity index (χ2v) is 5.13. The number of para-hydroxylation sites is 1. The molecule has 0 aliphatic heterocycles. The molecule has 24 heavy (non-hydrogen) atoms. The summed E-state index contributed by atoms with van der Waals surface area (Å²) in [5, 5.41) is 9.69. The second-order valence-electron chi connectivity index (χ2n) is 5.13. The molecule has 2 unspecified atom stereocenters. The largest absolute Gasteiger partial charge is 0.480 e. The Bertz CT molecular complexity index is 725. The highest BCUT2D eigenvalue weighted by atomic mass is 16.6. The quantitative estimate of drug-likeness (QED) is 0.688. The van der Waals surface area contributed by atoms with Crippen LogP contribution in [0.3, 0.4) is 0 Å². The maximum absolute atomic E-state index is 10.9. The monoisotopic (exact) mass is 335 g/mol. The van der Waals surface area contributed by atoms with Crippen LogP contribution in [-0.4, -0.2) is 40.6 Å². The number of nitrogens with zero attached hydrogens (tertiary/aromatic N) is 1. The number of aromatic nitrogens is 1. The summed E-state index contributed by atoms with van der Waals surface area (Å²) in [5.41, 5.74) is 11.1. The number of nitrogens with two attached hydrogens (primary N) is 2. The SMILES string of the molecule is CC(=O)C(CC(N)=O)C(N)C(=O)O.COn1ccc2ccccc21. The van der Waals surface area contributed by atoms with Crippen LogP contribution in [0.15, 0.2) is 36.5 Å². The van der Waals surface area contributed by atoms with Crippen molar-refractivity contribution in [2.45, 2.75) is 19.4 Å². The van der Waals surface area contributed by atoms with E-state index in [9.17, 15) is 14.4 Å². The molecule has 0 aliphatic rings. The van der Waals surface area contributed by atoms with Crippen LogP contribution < -0.4 is 16.3 Å². The molecule has 0 spiro atoms. The zero-order valence-corrected chi connectivity index (χ0v) is 13.5. The van der Waals surface area contributed by atoms with Crippen molar-refractivity contribution in [3.05, 3.63) is 36.5 Å². The molecule has 8 heteroatoms. The number of primary amides is 1. The third-order valence-electron chi connectivity index (χ3n) is 3.42. The van der Waals surface area contributed by atoms with Gasteiger partial charge in [0.05, 0.1) is 11.4 Å². The molecule has 5 N–H and O–H groups in total. The minimum atomic E-state index is -1.37. The van der Waals surface area contributed by atoms with Crippen LogP contribution >= 0.6 is 0 Å². The first-order chi connectivity index (χ1) is 11.3. The number of benzene rings is 1. The van der Waals surface area contributed by atoms with Crippen molar-refractivity contribution >= 4 is 28.6 Å². The van der Waals surface area contributed by atoms with Crippen molar-refractivity contribution in [2.75, 3.05) is 7.11 Å². The van der Waals surface area contributed by atoms with E-state index in [4.69, 9.17) is 21.4 Å². The van der Waals surface area contributed by atoms with Crippen molar-refractivity contribution in [1.82, 2.24) is 4.73 Å². The first kappa shape index (κ1) is 19.2. The predicted molar refractivity (Wildman–Crippen MR) is 88.0 cm³/mol. The van der Waals surface area contributed by atoms with E-state index in [1.807, 2.05) is 30.5 Å². The van der Waals surface area contributed by atoms with Gasteiger partial charge in [-0.3, -0.25) is 14.4 Å². The lowest BCUT2D eigenvalue weighted by atomic mass is 9.93. The fourth-order valence-corrected chi connectivity index (χ4v) is 2.13. The van der Waals surface area contributed by atoms with Crippen molar-refractivity contribution in [3.63, 3.8) is 0 Å². The van der Waals surface area contributed by atoms with Gasteiger partial charge >= 0.3 is 5.97 Å². The Morgan fingerprint density at radius 1 is 1.25 bits per heavy atom. The van der Waals surface area contributed by atoms with Gasteiger partial charge in [0.15, 0.2) is 0 Å². The number of rotatable bonds is 6. The number of amides is 1. The average Bonchev–Trinajstić information content (AvgIpc) is 2.95. The molecule has 0 fully saturated rings. The number of carbonyl (C=O) groups excluding carboxylic acids is 2. The molecule has 0 bridgehead atoms. The average molecular weight is 335 g/mol. The molecular weight excluding hydrogens is 314 g/mol. The molecule has 2 rings (SSSR count). The van der Waals surface area contributed by atoms with E-state index in [1.54, 1.807) is 11.8 Å². The van der Waals surface area contributed by atoms with Crippen LogP contribution in [0.4, 0.5) is 0 Å². The highest BCUT2D eigenvalue weighted by Gasteiger charge is 2.29. The van der Waals surface area contributed by atoms with Gasteiger partial charge in [-0.05, 0) is 19.1 Å². The van der Waals surface area contributed by atoms with Crippen molar-refractivity contribution in [3.8, 4) is 0 Å². The first-order valence-corrected chi connectivity index (χ1v) is 7.15. The molecule has 1 aromatic carbocycles. The molecule has 1 heterocycles. The van der Waals surface area contributed by atoms with Gasteiger partial charge in [-0.15, -0.1) is 0 Å². The summed E-state index contributed by atoms with van der Waals surface area (Å²) in [4.78, 5) is 36.8. The van der Waals surface area contributed by atoms with Gasteiger partial charge in [0.1, 0.15) is 18.9 Å². The number of carboxylic acids is 1. The number of fused-ring (bicyclic) bond motifs is 1. The minimum Gasteiger partial charge on any atom is -0.480 e. The standard InChI is InChI=1S/C9H9NO.C7H12N2O4/c1-11-10-7-6-8-4-2-3-5-9(8)10;1-3(10)4(2-5(8)11)6(9)7(12)13/h2-7H,1H3;4,6H,2,9H2,1H3,(H2,8,11)(H,12,13). The lowest BCUT2D eigenvalue weighted by molar-refractivity contribution is -0.142. The summed E-state index contributed by atoms with van der Waals surface area (Å²) in [6.07, 6.45) is 1.58. The van der Waals surface area contributed by atoms with Crippen molar-refractivity contribution in [2.24, 2.45) is 17.4 Å². The summed E-state index contributed by atoms with van der Waals surface area (Å²) in [6.45, 7) is 1.18. The zero-order chi connectivity index (χ0) is 18.3. The van der Waals surface area contributed by atoms with Crippen LogP contribution in [0.5, 0.6) is 0 Å². The van der Waals surface area contributed by atoms with E-state index >= 15 is 0 Å². The number of ketones is 1. The van der Waals surface area contributed by atoms with E-state index in [-0.39, 0.29) is 6.42 Å². The van der Waals surface area contributed by atoms with Gasteiger partial charge in [0.25, 0.3) is 0 Å². The number of carboxylic acid groups (broad SMARTS) is 1. The molecule has 0 saturated heterocycles. The first-order valence-electron chi connectivity index (χ1n) is 7.15. The van der Waals surface area contributed by atoms with Crippen LogP contribution in [0.1, 0.15) is 13.3 Å². The number of aliphatic carboxylic acids is 1. The van der Waals surface area contributed by atoms with Gasteiger partial charge in [-0.25, -0.2) is 0 Å². The summed E-state index contributed by atoms with van der Waals surface area (Å²) >= 11 is 0. The summed E-state index contributed by atoms with van der Waals surface area (Å²) < 4.78 is 1.75. The number of hydrogen-bond acceptors (Lipinski definition) is 5. The Labute approximate surface area is 138 Å². The third-order valence-corrected chi connectivity index (χ3v) is 3.42. The number of carbonyl (C=O) groups is 3. The molecule has 8 nitrogen and oxygen atoms in total. The van der Waals surface area contributed by atoms with Crippen LogP contribution in [-0.2, 0) is 14.4 Å². The molecule has 2 aromatic rings. The third kappa shape index (κ3) is 5.10. The smallest absolute Gasteiger partial charge is 0.321 e. The Morgan fingerprint density at radius 3 is 2.38 bits per heavy atom. The Hall–Kier alpha value is -2.87. The van der Waals surface area contributed by atoms with E-state index in [0.717, 1.165) is 5.52 Å². The molecule has 0 aliphatic carbocycles. The van der Waals surface area contributed by atoms with E-state index in [0.29, 0.717) is 0 Å².